The van der Waals surface area contributed by atoms with Crippen LogP contribution < -0.4 is 9.80 Å². The number of nitrogens with zero attached hydrogens (tertiary/aromatic N) is 2. The van der Waals surface area contributed by atoms with Crippen molar-refractivity contribution >= 4 is 66.7 Å². The van der Waals surface area contributed by atoms with Gasteiger partial charge in [-0.3, -0.25) is 0 Å². The summed E-state index contributed by atoms with van der Waals surface area (Å²) in [5, 5.41) is 3.87. The fourth-order valence-electron chi connectivity index (χ4n) is 13.8. The van der Waals surface area contributed by atoms with Gasteiger partial charge in [-0.25, -0.2) is 8.78 Å². The van der Waals surface area contributed by atoms with Crippen LogP contribution in [0.2, 0.25) is 0 Å². The lowest BCUT2D eigenvalue weighted by atomic mass is 9.67. The van der Waals surface area contributed by atoms with Gasteiger partial charge in [-0.2, -0.15) is 0 Å². The molecule has 15 rings (SSSR count). The second-order valence-electron chi connectivity index (χ2n) is 22.8. The van der Waals surface area contributed by atoms with Gasteiger partial charge in [0.1, 0.15) is 22.8 Å². The maximum Gasteiger partial charge on any atom is 0.145 e. The molecule has 0 atom stereocenters. The Morgan fingerprint density at radius 3 is 1.70 bits per heavy atom. The molecule has 0 saturated heterocycles. The molecular formula is C85H60F2N2O. The quantitative estimate of drug-likeness (QED) is 0.101. The third kappa shape index (κ3) is 9.42. The highest BCUT2D eigenvalue weighted by Crippen LogP contribution is 2.64. The molecule has 2 aliphatic carbocycles. The Morgan fingerprint density at radius 1 is 0.489 bits per heavy atom. The van der Waals surface area contributed by atoms with Gasteiger partial charge in [0.05, 0.1) is 33.6 Å². The molecule has 3 nitrogen and oxygen atoms in total. The third-order valence-electron chi connectivity index (χ3n) is 17.8. The average Bonchev–Trinajstić information content (AvgIpc) is 1.50. The molecule has 0 unspecified atom stereocenters. The van der Waals surface area contributed by atoms with Gasteiger partial charge in [0.25, 0.3) is 0 Å². The Hall–Kier alpha value is -11.4. The molecule has 90 heavy (non-hydrogen) atoms. The average molecular weight is 1160 g/mol. The minimum Gasteiger partial charge on any atom is -0.455 e. The van der Waals surface area contributed by atoms with Crippen molar-refractivity contribution < 1.29 is 13.2 Å². The molecule has 1 aromatic heterocycles. The van der Waals surface area contributed by atoms with E-state index in [1.54, 1.807) is 24.3 Å². The molecule has 430 valence electrons. The van der Waals surface area contributed by atoms with Gasteiger partial charge in [-0.05, 0) is 158 Å². The molecule has 0 fully saturated rings. The van der Waals surface area contributed by atoms with Crippen LogP contribution in [0.25, 0.3) is 82.8 Å². The first-order valence-electron chi connectivity index (χ1n) is 30.6. The summed E-state index contributed by atoms with van der Waals surface area (Å²) in [6.07, 6.45) is 15.5. The summed E-state index contributed by atoms with van der Waals surface area (Å²) in [4.78, 5) is 4.68. The van der Waals surface area contributed by atoms with Crippen LogP contribution >= 0.6 is 0 Å². The second-order valence-corrected chi connectivity index (χ2v) is 22.8. The molecule has 0 aliphatic heterocycles. The predicted molar refractivity (Wildman–Crippen MR) is 372 cm³/mol. The van der Waals surface area contributed by atoms with E-state index in [-0.39, 0.29) is 11.6 Å². The molecule has 13 aromatic rings. The lowest BCUT2D eigenvalue weighted by molar-refractivity contribution is 0.628. The molecule has 0 radical (unpaired) electrons. The second kappa shape index (κ2) is 23.4. The van der Waals surface area contributed by atoms with E-state index >= 15 is 8.78 Å². The Kier molecular flexibility index (Phi) is 14.3. The lowest BCUT2D eigenvalue weighted by Gasteiger charge is -2.37. The van der Waals surface area contributed by atoms with Crippen LogP contribution in [0.1, 0.15) is 41.2 Å². The summed E-state index contributed by atoms with van der Waals surface area (Å²) < 4.78 is 38.9. The molecule has 2 aliphatic rings. The van der Waals surface area contributed by atoms with Gasteiger partial charge in [-0.1, -0.05) is 243 Å². The fraction of sp³-hybridized carbons (Fsp3) is 0.0353. The monoisotopic (exact) mass is 1160 g/mol. The number of rotatable bonds is 14. The fourth-order valence-corrected chi connectivity index (χ4v) is 13.8. The minimum atomic E-state index is -1.03. The topological polar surface area (TPSA) is 19.6 Å². The number of hydrogen-bond donors (Lipinski definition) is 0. The first-order valence-corrected chi connectivity index (χ1v) is 30.6. The van der Waals surface area contributed by atoms with Gasteiger partial charge in [0, 0.05) is 45.3 Å². The van der Waals surface area contributed by atoms with Crippen LogP contribution in [-0.4, -0.2) is 0 Å². The molecule has 1 heterocycles. The van der Waals surface area contributed by atoms with E-state index in [0.717, 1.165) is 145 Å². The zero-order valence-corrected chi connectivity index (χ0v) is 49.6. The van der Waals surface area contributed by atoms with Crippen LogP contribution in [0.15, 0.2) is 344 Å². The van der Waals surface area contributed by atoms with Crippen molar-refractivity contribution in [3.8, 4) is 44.5 Å². The molecule has 0 saturated carbocycles. The van der Waals surface area contributed by atoms with Gasteiger partial charge in [0.15, 0.2) is 0 Å². The van der Waals surface area contributed by atoms with Gasteiger partial charge < -0.3 is 14.2 Å². The van der Waals surface area contributed by atoms with Crippen molar-refractivity contribution in [2.24, 2.45) is 0 Å². The van der Waals surface area contributed by atoms with E-state index < -0.39 is 5.41 Å². The first kappa shape index (κ1) is 55.2. The SMILES string of the molecule is C=C/C(=C\C=C/C)c1ccc(N(C2=CC=C(F)C=CC2)c2cc3c(c4ccccc24)-c2c(cc(N(c4ccc(F)cc4)c4ccc(-c5ccccc5)cc4-c4ccccc4)c4c2oc2ccccc24)C3(c2ccccc2)c2ccccc2)c(-c2ccccc2)c1. The van der Waals surface area contributed by atoms with Gasteiger partial charge in [-0.15, -0.1) is 0 Å². The van der Waals surface area contributed by atoms with E-state index in [1.807, 2.05) is 73.7 Å². The van der Waals surface area contributed by atoms with Crippen molar-refractivity contribution in [3.05, 3.63) is 373 Å². The Bertz CT molecular complexity index is 5020. The summed E-state index contributed by atoms with van der Waals surface area (Å²) in [6.45, 7) is 6.26. The van der Waals surface area contributed by atoms with E-state index in [0.29, 0.717) is 6.42 Å². The highest BCUT2D eigenvalue weighted by atomic mass is 19.1. The molecule has 5 heteroatoms. The molecule has 0 spiro atoms. The van der Waals surface area contributed by atoms with Crippen LogP contribution in [-0.2, 0) is 5.41 Å². The number of allylic oxidation sites excluding steroid dienone is 10. The van der Waals surface area contributed by atoms with E-state index in [1.165, 1.54) is 0 Å². The number of anilines is 5. The summed E-state index contributed by atoms with van der Waals surface area (Å²) in [6, 6.07) is 95.3. The van der Waals surface area contributed by atoms with Crippen molar-refractivity contribution in [1.82, 2.24) is 0 Å². The number of benzene rings is 12. The zero-order valence-electron chi connectivity index (χ0n) is 49.6. The Balaban J connectivity index is 1.10. The van der Waals surface area contributed by atoms with E-state index in [9.17, 15) is 0 Å². The van der Waals surface area contributed by atoms with Crippen molar-refractivity contribution in [2.75, 3.05) is 9.80 Å². The number of furan rings is 1. The highest BCUT2D eigenvalue weighted by molar-refractivity contribution is 6.23. The number of fused-ring (bicyclic) bond motifs is 9. The van der Waals surface area contributed by atoms with Crippen LogP contribution in [0.4, 0.5) is 37.2 Å². The molecule has 12 aromatic carbocycles. The number of hydrogen-bond acceptors (Lipinski definition) is 3. The number of halogens is 2. The molecule has 0 N–H and O–H groups in total. The molecular weight excluding hydrogens is 1100 g/mol. The Morgan fingerprint density at radius 2 is 1.04 bits per heavy atom. The normalized spacial score (nSPS) is 13.5. The summed E-state index contributed by atoms with van der Waals surface area (Å²) in [7, 11) is 0. The van der Waals surface area contributed by atoms with Crippen molar-refractivity contribution in [1.29, 1.82) is 0 Å². The predicted octanol–water partition coefficient (Wildman–Crippen LogP) is 23.7. The van der Waals surface area contributed by atoms with Crippen LogP contribution in [0.3, 0.4) is 0 Å². The summed E-state index contributed by atoms with van der Waals surface area (Å²) in [5.41, 5.74) is 20.1. The van der Waals surface area contributed by atoms with E-state index in [4.69, 9.17) is 4.42 Å². The Labute approximate surface area is 523 Å². The van der Waals surface area contributed by atoms with Gasteiger partial charge >= 0.3 is 0 Å². The third-order valence-corrected chi connectivity index (χ3v) is 17.8. The zero-order chi connectivity index (χ0) is 60.7. The smallest absolute Gasteiger partial charge is 0.145 e. The summed E-state index contributed by atoms with van der Waals surface area (Å²) >= 11 is 0. The maximum atomic E-state index is 15.8. The lowest BCUT2D eigenvalue weighted by Crippen LogP contribution is -2.29. The molecule has 0 bridgehead atoms. The minimum absolute atomic E-state index is 0.321. The number of para-hydroxylation sites is 1. The largest absolute Gasteiger partial charge is 0.455 e. The maximum absolute atomic E-state index is 15.8. The first-order chi connectivity index (χ1) is 44.4. The van der Waals surface area contributed by atoms with Crippen LogP contribution in [0.5, 0.6) is 0 Å². The van der Waals surface area contributed by atoms with Crippen LogP contribution in [0, 0.1) is 5.82 Å². The molecule has 0 amide bonds. The highest BCUT2D eigenvalue weighted by Gasteiger charge is 2.50. The van der Waals surface area contributed by atoms with Crippen molar-refractivity contribution in [2.45, 2.75) is 18.8 Å². The van der Waals surface area contributed by atoms with Gasteiger partial charge in [0.2, 0.25) is 0 Å². The summed E-state index contributed by atoms with van der Waals surface area (Å²) in [5.74, 6) is -0.655. The van der Waals surface area contributed by atoms with Crippen molar-refractivity contribution in [3.63, 3.8) is 0 Å². The standard InChI is InChI=1S/C85H60F2N2O/c1-3-5-26-57(4-2)61-43-51-76(72(53-61)59-29-13-7-14-30-59)88(67-38-25-37-65(86)45-48-67)78-55-74-81(70-40-22-21-39-69(70)78)83-75(85(74,63-33-17-9-18-34-63)64-35-19-10-20-36-64)56-79(82-71-41-23-24-42-80(71)90-84(82)83)89(68-49-46-66(87)47-50-68)77-52-44-62(58-27-11-6-12-28-58)54-73(77)60-31-15-8-16-32-60/h3-37,39-56H,2,38H2,1H3/b5-3-,57-26+. The van der Waals surface area contributed by atoms with E-state index in [2.05, 4.69) is 247 Å².